The minimum absolute atomic E-state index is 0.0549. The quantitative estimate of drug-likeness (QED) is 0.702. The Kier molecular flexibility index (Phi) is 3.58. The van der Waals surface area contributed by atoms with Gasteiger partial charge in [-0.05, 0) is 24.3 Å². The summed E-state index contributed by atoms with van der Waals surface area (Å²) in [4.78, 5) is 12.4. The number of methoxy groups -OCH3 is 1. The fourth-order valence-corrected chi connectivity index (χ4v) is 2.37. The monoisotopic (exact) mass is 322 g/mol. The van der Waals surface area contributed by atoms with Gasteiger partial charge in [-0.1, -0.05) is 11.6 Å². The van der Waals surface area contributed by atoms with Crippen molar-refractivity contribution in [3.8, 4) is 17.1 Å². The van der Waals surface area contributed by atoms with E-state index in [2.05, 4.69) is 0 Å². The minimum Gasteiger partial charge on any atom is -0.490 e. The van der Waals surface area contributed by atoms with Crippen LogP contribution in [0.4, 0.5) is 8.78 Å². The van der Waals surface area contributed by atoms with Gasteiger partial charge < -0.3 is 9.15 Å². The molecule has 3 aromatic rings. The van der Waals surface area contributed by atoms with Gasteiger partial charge in [-0.2, -0.15) is 0 Å². The first kappa shape index (κ1) is 14.5. The lowest BCUT2D eigenvalue weighted by Gasteiger charge is -2.09. The molecule has 112 valence electrons. The molecule has 0 saturated carbocycles. The molecule has 0 fully saturated rings. The molecule has 0 unspecified atom stereocenters. The third-order valence-corrected chi connectivity index (χ3v) is 3.38. The van der Waals surface area contributed by atoms with Gasteiger partial charge in [0.25, 0.3) is 0 Å². The molecule has 2 aromatic carbocycles. The molecule has 0 aliphatic carbocycles. The number of ether oxygens (including phenoxy) is 1. The van der Waals surface area contributed by atoms with Crippen LogP contribution in [0, 0.1) is 11.6 Å². The Morgan fingerprint density at radius 1 is 1.09 bits per heavy atom. The molecule has 6 heteroatoms. The molecule has 0 atom stereocenters. The molecule has 1 heterocycles. The second kappa shape index (κ2) is 5.42. The van der Waals surface area contributed by atoms with E-state index in [0.29, 0.717) is 5.02 Å². The Morgan fingerprint density at radius 3 is 2.41 bits per heavy atom. The van der Waals surface area contributed by atoms with Gasteiger partial charge in [0, 0.05) is 22.7 Å². The molecule has 0 radical (unpaired) electrons. The maximum atomic E-state index is 13.4. The van der Waals surface area contributed by atoms with Gasteiger partial charge in [-0.15, -0.1) is 0 Å². The fourth-order valence-electron chi connectivity index (χ4n) is 2.21. The highest BCUT2D eigenvalue weighted by Gasteiger charge is 2.18. The molecule has 22 heavy (non-hydrogen) atoms. The van der Waals surface area contributed by atoms with Crippen molar-refractivity contribution < 1.29 is 17.9 Å². The average Bonchev–Trinajstić information content (AvgIpc) is 2.45. The molecule has 3 nitrogen and oxygen atoms in total. The van der Waals surface area contributed by atoms with Gasteiger partial charge in [-0.3, -0.25) is 4.79 Å². The van der Waals surface area contributed by atoms with Crippen molar-refractivity contribution in [1.29, 1.82) is 0 Å². The lowest BCUT2D eigenvalue weighted by Crippen LogP contribution is -2.07. The Hall–Kier alpha value is -2.40. The standard InChI is InChI=1S/C16H9ClF2O3/c1-21-16-14(20)12-3-2-9(17)6-13(12)22-15(16)8-4-10(18)7-11(19)5-8/h2-7H,1H3. The first-order valence-corrected chi connectivity index (χ1v) is 6.64. The van der Waals surface area contributed by atoms with Crippen molar-refractivity contribution in [2.24, 2.45) is 0 Å². The Balaban J connectivity index is 2.39. The normalized spacial score (nSPS) is 10.9. The van der Waals surface area contributed by atoms with Crippen LogP contribution in [0.3, 0.4) is 0 Å². The molecule has 0 aliphatic heterocycles. The zero-order chi connectivity index (χ0) is 15.9. The number of hydrogen-bond donors (Lipinski definition) is 0. The largest absolute Gasteiger partial charge is 0.490 e. The fraction of sp³-hybridized carbons (Fsp3) is 0.0625. The number of hydrogen-bond acceptors (Lipinski definition) is 3. The van der Waals surface area contributed by atoms with E-state index in [4.69, 9.17) is 20.8 Å². The van der Waals surface area contributed by atoms with Crippen molar-refractivity contribution in [2.75, 3.05) is 7.11 Å². The van der Waals surface area contributed by atoms with Gasteiger partial charge >= 0.3 is 0 Å². The van der Waals surface area contributed by atoms with Gasteiger partial charge in [0.15, 0.2) is 5.76 Å². The van der Waals surface area contributed by atoms with E-state index >= 15 is 0 Å². The summed E-state index contributed by atoms with van der Waals surface area (Å²) in [6.07, 6.45) is 0. The summed E-state index contributed by atoms with van der Waals surface area (Å²) in [6.45, 7) is 0. The smallest absolute Gasteiger partial charge is 0.235 e. The van der Waals surface area contributed by atoms with Gasteiger partial charge in [0.05, 0.1) is 12.5 Å². The number of fused-ring (bicyclic) bond motifs is 1. The molecular weight excluding hydrogens is 314 g/mol. The van der Waals surface area contributed by atoms with E-state index in [1.165, 1.54) is 19.2 Å². The first-order valence-electron chi connectivity index (χ1n) is 6.26. The minimum atomic E-state index is -0.786. The summed E-state index contributed by atoms with van der Waals surface area (Å²) in [7, 11) is 1.28. The van der Waals surface area contributed by atoms with Crippen LogP contribution in [0.1, 0.15) is 0 Å². The second-order valence-corrected chi connectivity index (χ2v) is 5.03. The van der Waals surface area contributed by atoms with E-state index in [1.807, 2.05) is 0 Å². The summed E-state index contributed by atoms with van der Waals surface area (Å²) in [5, 5.41) is 0.638. The van der Waals surface area contributed by atoms with Crippen LogP contribution >= 0.6 is 11.6 Å². The van der Waals surface area contributed by atoms with Gasteiger partial charge in [0.1, 0.15) is 17.2 Å². The summed E-state index contributed by atoms with van der Waals surface area (Å²) in [5.41, 5.74) is -0.175. The predicted octanol–water partition coefficient (Wildman–Crippen LogP) is 4.40. The predicted molar refractivity (Wildman–Crippen MR) is 79.4 cm³/mol. The van der Waals surface area contributed by atoms with E-state index in [9.17, 15) is 13.6 Å². The van der Waals surface area contributed by atoms with E-state index in [1.54, 1.807) is 6.07 Å². The van der Waals surface area contributed by atoms with E-state index < -0.39 is 17.1 Å². The summed E-state index contributed by atoms with van der Waals surface area (Å²) in [5.74, 6) is -1.75. The van der Waals surface area contributed by atoms with Crippen LogP contribution in [0.25, 0.3) is 22.3 Å². The molecule has 0 bridgehead atoms. The zero-order valence-corrected chi connectivity index (χ0v) is 12.1. The van der Waals surface area contributed by atoms with Crippen LogP contribution in [0.15, 0.2) is 45.6 Å². The van der Waals surface area contributed by atoms with Crippen LogP contribution in [0.2, 0.25) is 5.02 Å². The van der Waals surface area contributed by atoms with E-state index in [-0.39, 0.29) is 28.0 Å². The zero-order valence-electron chi connectivity index (χ0n) is 11.3. The van der Waals surface area contributed by atoms with Crippen molar-refractivity contribution in [3.63, 3.8) is 0 Å². The van der Waals surface area contributed by atoms with Gasteiger partial charge in [-0.25, -0.2) is 8.78 Å². The Labute approximate surface area is 128 Å². The Bertz CT molecular complexity index is 914. The van der Waals surface area contributed by atoms with Crippen LogP contribution in [0.5, 0.6) is 5.75 Å². The van der Waals surface area contributed by atoms with E-state index in [0.717, 1.165) is 18.2 Å². The van der Waals surface area contributed by atoms with Gasteiger partial charge in [0.2, 0.25) is 11.2 Å². The van der Waals surface area contributed by atoms with Crippen LogP contribution < -0.4 is 10.2 Å². The maximum absolute atomic E-state index is 13.4. The third kappa shape index (κ3) is 2.44. The number of benzene rings is 2. The number of halogens is 3. The molecule has 3 rings (SSSR count). The lowest BCUT2D eigenvalue weighted by atomic mass is 10.1. The highest BCUT2D eigenvalue weighted by Crippen LogP contribution is 2.32. The molecule has 0 saturated heterocycles. The molecule has 0 aliphatic rings. The Morgan fingerprint density at radius 2 is 1.77 bits per heavy atom. The molecule has 0 amide bonds. The van der Waals surface area contributed by atoms with Crippen molar-refractivity contribution in [3.05, 3.63) is 63.3 Å². The topological polar surface area (TPSA) is 39.4 Å². The number of rotatable bonds is 2. The summed E-state index contributed by atoms with van der Waals surface area (Å²) >= 11 is 5.88. The summed E-state index contributed by atoms with van der Waals surface area (Å²) in [6, 6.07) is 7.34. The SMILES string of the molecule is COc1c(-c2cc(F)cc(F)c2)oc2cc(Cl)ccc2c1=O. The second-order valence-electron chi connectivity index (χ2n) is 4.59. The van der Waals surface area contributed by atoms with Crippen molar-refractivity contribution in [2.45, 2.75) is 0 Å². The van der Waals surface area contributed by atoms with Crippen molar-refractivity contribution >= 4 is 22.6 Å². The first-order chi connectivity index (χ1) is 10.5. The third-order valence-electron chi connectivity index (χ3n) is 3.14. The maximum Gasteiger partial charge on any atom is 0.235 e. The molecule has 1 aromatic heterocycles. The van der Waals surface area contributed by atoms with Crippen LogP contribution in [-0.4, -0.2) is 7.11 Å². The molecular formula is C16H9ClF2O3. The van der Waals surface area contributed by atoms with Crippen LogP contribution in [-0.2, 0) is 0 Å². The average molecular weight is 323 g/mol. The summed E-state index contributed by atoms with van der Waals surface area (Å²) < 4.78 is 37.5. The molecule has 0 N–H and O–H groups in total. The molecule has 0 spiro atoms. The van der Waals surface area contributed by atoms with Crippen molar-refractivity contribution in [1.82, 2.24) is 0 Å². The highest BCUT2D eigenvalue weighted by molar-refractivity contribution is 6.31. The lowest BCUT2D eigenvalue weighted by molar-refractivity contribution is 0.398. The highest BCUT2D eigenvalue weighted by atomic mass is 35.5.